The van der Waals surface area contributed by atoms with Crippen LogP contribution in [0.25, 0.3) is 35.4 Å². The Kier molecular flexibility index (Phi) is 6.54. The summed E-state index contributed by atoms with van der Waals surface area (Å²) in [6, 6.07) is 11.4. The molecule has 0 atom stereocenters. The van der Waals surface area contributed by atoms with E-state index in [1.165, 1.54) is 55.4 Å². The Bertz CT molecular complexity index is 1620. The maximum absolute atomic E-state index is 5.07. The zero-order valence-corrected chi connectivity index (χ0v) is 23.3. The molecule has 3 heterocycles. The first-order chi connectivity index (χ1) is 17.7. The zero-order chi connectivity index (χ0) is 26.3. The number of allylic oxidation sites excluding steroid dienone is 5. The van der Waals surface area contributed by atoms with Crippen LogP contribution in [0.15, 0.2) is 70.4 Å². The number of nitrogens with zero attached hydrogens (tertiary/aromatic N) is 1. The van der Waals surface area contributed by atoms with Gasteiger partial charge in [0.15, 0.2) is 0 Å². The van der Waals surface area contributed by atoms with Crippen molar-refractivity contribution < 1.29 is 0 Å². The van der Waals surface area contributed by atoms with E-state index in [1.807, 2.05) is 0 Å². The number of rotatable bonds is 2. The highest BCUT2D eigenvalue weighted by atomic mass is 14.8. The summed E-state index contributed by atoms with van der Waals surface area (Å²) < 4.78 is 0. The third-order valence-electron chi connectivity index (χ3n) is 7.84. The highest BCUT2D eigenvalue weighted by molar-refractivity contribution is 6.23. The van der Waals surface area contributed by atoms with E-state index in [1.54, 1.807) is 0 Å². The van der Waals surface area contributed by atoms with Crippen LogP contribution in [0.5, 0.6) is 0 Å². The summed E-state index contributed by atoms with van der Waals surface area (Å²) >= 11 is 0. The average Bonchev–Trinajstić information content (AvgIpc) is 3.35. The molecule has 0 saturated heterocycles. The number of hydrogen-bond acceptors (Lipinski definition) is 1. The molecule has 1 aromatic rings. The summed E-state index contributed by atoms with van der Waals surface area (Å²) in [6.45, 7) is 15.7. The molecule has 0 saturated carbocycles. The molecule has 0 aromatic carbocycles. The van der Waals surface area contributed by atoms with E-state index in [0.29, 0.717) is 0 Å². The van der Waals surface area contributed by atoms with Crippen LogP contribution in [0.3, 0.4) is 0 Å². The number of aliphatic imine (C=N–C) groups is 1. The summed E-state index contributed by atoms with van der Waals surface area (Å²) in [5, 5.41) is 2.33. The molecular formula is C35H38N2. The molecule has 0 spiro atoms. The van der Waals surface area contributed by atoms with Crippen molar-refractivity contribution in [3.05, 3.63) is 104 Å². The van der Waals surface area contributed by atoms with Gasteiger partial charge >= 0.3 is 0 Å². The van der Waals surface area contributed by atoms with Gasteiger partial charge < -0.3 is 4.98 Å². The minimum Gasteiger partial charge on any atom is -0.355 e. The highest BCUT2D eigenvalue weighted by Gasteiger charge is 2.19. The fraction of sp³-hybridized carbons (Fsp3) is 0.286. The molecule has 0 unspecified atom stereocenters. The van der Waals surface area contributed by atoms with Gasteiger partial charge in [-0.2, -0.15) is 0 Å². The molecule has 4 aliphatic rings. The van der Waals surface area contributed by atoms with Crippen LogP contribution in [0.4, 0.5) is 0 Å². The Morgan fingerprint density at radius 3 is 2.05 bits per heavy atom. The van der Waals surface area contributed by atoms with Gasteiger partial charge in [0, 0.05) is 10.7 Å². The van der Waals surface area contributed by atoms with E-state index in [2.05, 4.69) is 126 Å². The first-order valence-corrected chi connectivity index (χ1v) is 13.5. The number of nitrogens with one attached hydrogen (secondary N) is 1. The van der Waals surface area contributed by atoms with Crippen LogP contribution in [0, 0.1) is 6.92 Å². The van der Waals surface area contributed by atoms with Crippen molar-refractivity contribution in [2.45, 2.75) is 66.7 Å². The minimum atomic E-state index is 0.102. The van der Waals surface area contributed by atoms with Crippen LogP contribution in [-0.2, 0) is 11.8 Å². The SMILES string of the molecule is CCC1=C(C)C2=CC=Cc3cc(c4ccc(C(C)(C)C)ccc3-4)C=CC=c3[nH]c(c(CC)c3C)=CC1=N2. The Labute approximate surface area is 221 Å². The topological polar surface area (TPSA) is 28.1 Å². The average molecular weight is 487 g/mol. The summed E-state index contributed by atoms with van der Waals surface area (Å²) in [6.07, 6.45) is 17.4. The molecule has 37 heavy (non-hydrogen) atoms. The molecule has 1 N–H and O–H groups in total. The third-order valence-corrected chi connectivity index (χ3v) is 7.84. The summed E-state index contributed by atoms with van der Waals surface area (Å²) in [7, 11) is 0. The highest BCUT2D eigenvalue weighted by Crippen LogP contribution is 2.36. The zero-order valence-electron chi connectivity index (χ0n) is 23.3. The minimum absolute atomic E-state index is 0.102. The van der Waals surface area contributed by atoms with Gasteiger partial charge in [0.05, 0.1) is 11.4 Å². The van der Waals surface area contributed by atoms with E-state index in [-0.39, 0.29) is 5.41 Å². The number of fused-ring (bicyclic) bond motifs is 8. The Morgan fingerprint density at radius 1 is 0.811 bits per heavy atom. The first-order valence-electron chi connectivity index (χ1n) is 13.5. The first kappa shape index (κ1) is 25.0. The lowest BCUT2D eigenvalue weighted by Crippen LogP contribution is -2.14. The molecule has 6 bridgehead atoms. The molecule has 5 rings (SSSR count). The van der Waals surface area contributed by atoms with Gasteiger partial charge in [-0.1, -0.05) is 83.2 Å². The lowest BCUT2D eigenvalue weighted by atomic mass is 9.88. The maximum Gasteiger partial charge on any atom is 0.0693 e. The molecule has 0 amide bonds. The monoisotopic (exact) mass is 486 g/mol. The van der Waals surface area contributed by atoms with Gasteiger partial charge in [-0.15, -0.1) is 0 Å². The van der Waals surface area contributed by atoms with Crippen molar-refractivity contribution in [1.82, 2.24) is 4.98 Å². The van der Waals surface area contributed by atoms with Gasteiger partial charge in [-0.25, -0.2) is 4.99 Å². The van der Waals surface area contributed by atoms with Crippen molar-refractivity contribution >= 4 is 30.0 Å². The molecular weight excluding hydrogens is 448 g/mol. The van der Waals surface area contributed by atoms with Crippen LogP contribution < -0.4 is 10.7 Å². The second-order valence-corrected chi connectivity index (χ2v) is 11.2. The third kappa shape index (κ3) is 4.62. The van der Waals surface area contributed by atoms with Crippen molar-refractivity contribution in [2.24, 2.45) is 4.99 Å². The van der Waals surface area contributed by atoms with Crippen molar-refractivity contribution in [1.29, 1.82) is 0 Å². The van der Waals surface area contributed by atoms with E-state index < -0.39 is 0 Å². The number of aromatic amines is 1. The fourth-order valence-electron chi connectivity index (χ4n) is 5.59. The van der Waals surface area contributed by atoms with Gasteiger partial charge in [-0.3, -0.25) is 0 Å². The second kappa shape index (κ2) is 9.67. The standard InChI is InChI=1S/C35H38N2/c1-8-27-22(3)31-14-10-12-24-20-25(30-19-17-26(35(5,6)7)16-18-29(24)30)13-11-15-32-23(4)28(9-2)34(37-32)21-33(27)36-31/h10-21,36H,8-9H2,1-7H3. The Balaban J connectivity index is 1.78. The van der Waals surface area contributed by atoms with E-state index >= 15 is 0 Å². The van der Waals surface area contributed by atoms with Crippen LogP contribution in [0.2, 0.25) is 0 Å². The van der Waals surface area contributed by atoms with Gasteiger partial charge in [0.2, 0.25) is 0 Å². The molecule has 2 aliphatic carbocycles. The number of H-pyrrole nitrogens is 1. The molecule has 2 heteroatoms. The number of hydrogen-bond donors (Lipinski definition) is 1. The quantitative estimate of drug-likeness (QED) is 0.385. The van der Waals surface area contributed by atoms with Crippen LogP contribution in [-0.4, -0.2) is 10.7 Å². The smallest absolute Gasteiger partial charge is 0.0693 e. The summed E-state index contributed by atoms with van der Waals surface area (Å²) in [5.41, 5.74) is 13.8. The van der Waals surface area contributed by atoms with E-state index in [0.717, 1.165) is 29.6 Å². The molecule has 1 aromatic heterocycles. The van der Waals surface area contributed by atoms with Crippen molar-refractivity contribution in [3.63, 3.8) is 0 Å². The van der Waals surface area contributed by atoms with E-state index in [9.17, 15) is 0 Å². The van der Waals surface area contributed by atoms with Crippen molar-refractivity contribution in [3.8, 4) is 11.1 Å². The van der Waals surface area contributed by atoms with Gasteiger partial charge in [0.1, 0.15) is 0 Å². The summed E-state index contributed by atoms with van der Waals surface area (Å²) in [4.78, 5) is 8.76. The summed E-state index contributed by atoms with van der Waals surface area (Å²) in [5.74, 6) is 0. The van der Waals surface area contributed by atoms with Crippen LogP contribution in [0.1, 0.15) is 75.8 Å². The fourth-order valence-corrected chi connectivity index (χ4v) is 5.59. The predicted octanol–water partition coefficient (Wildman–Crippen LogP) is 7.65. The largest absolute Gasteiger partial charge is 0.355 e. The lowest BCUT2D eigenvalue weighted by Gasteiger charge is -2.17. The van der Waals surface area contributed by atoms with Gasteiger partial charge in [0.25, 0.3) is 0 Å². The Morgan fingerprint density at radius 2 is 1.46 bits per heavy atom. The molecule has 188 valence electrons. The van der Waals surface area contributed by atoms with Crippen molar-refractivity contribution in [2.75, 3.05) is 0 Å². The maximum atomic E-state index is 5.07. The lowest BCUT2D eigenvalue weighted by molar-refractivity contribution is 0.591. The van der Waals surface area contributed by atoms with Crippen LogP contribution >= 0.6 is 0 Å². The molecule has 2 nitrogen and oxygen atoms in total. The normalized spacial score (nSPS) is 15.5. The molecule has 0 radical (unpaired) electrons. The second-order valence-electron chi connectivity index (χ2n) is 11.2. The van der Waals surface area contributed by atoms with Gasteiger partial charge in [-0.05, 0) is 106 Å². The molecule has 0 fully saturated rings. The van der Waals surface area contributed by atoms with E-state index in [4.69, 9.17) is 4.99 Å². The Hall–Kier alpha value is -3.65. The predicted molar refractivity (Wildman–Crippen MR) is 161 cm³/mol. The number of aromatic nitrogens is 1. The molecule has 2 aliphatic heterocycles.